The molecule has 0 spiro atoms. The van der Waals surface area contributed by atoms with Crippen molar-refractivity contribution in [2.75, 3.05) is 30.4 Å². The molecule has 2 heterocycles. The molecule has 0 bridgehead atoms. The number of likely N-dealkylation sites (N-methyl/N-ethyl adjacent to an activating group) is 1. The van der Waals surface area contributed by atoms with Crippen LogP contribution in [0.15, 0.2) is 42.5 Å². The number of carbonyl (C=O) groups excluding carboxylic acids is 2. The number of ether oxygens (including phenoxy) is 3. The minimum absolute atomic E-state index is 0.0710. The molecule has 2 aliphatic heterocycles. The van der Waals surface area contributed by atoms with Gasteiger partial charge in [0.2, 0.25) is 5.91 Å². The highest BCUT2D eigenvalue weighted by Gasteiger charge is 2.43. The van der Waals surface area contributed by atoms with E-state index < -0.39 is 18.3 Å². The van der Waals surface area contributed by atoms with E-state index in [9.17, 15) is 18.4 Å². The number of rotatable bonds is 4. The smallest absolute Gasteiger partial charge is 0.477 e. The zero-order valence-electron chi connectivity index (χ0n) is 15.3. The van der Waals surface area contributed by atoms with Gasteiger partial charge in [-0.25, -0.2) is 0 Å². The van der Waals surface area contributed by atoms with E-state index in [-0.39, 0.29) is 36.2 Å². The van der Waals surface area contributed by atoms with Gasteiger partial charge in [0.05, 0.1) is 18.8 Å². The standard InChI is InChI=1S/C19H17F2N3O5/c1-22-18(26)16-9-24(12-4-2-3-5-13(12)27-16)10-17(25)23-11-6-7-14-15(8-11)29-19(20,21)28-14/h2-8,16H,9-10H2,1H3,(H,22,26)(H,23,25)/t16-/m0/s1. The number of benzene rings is 2. The van der Waals surface area contributed by atoms with Crippen LogP contribution < -0.4 is 29.7 Å². The minimum atomic E-state index is -3.72. The molecule has 0 saturated heterocycles. The number of nitrogens with one attached hydrogen (secondary N) is 2. The van der Waals surface area contributed by atoms with E-state index in [1.54, 1.807) is 29.2 Å². The average molecular weight is 405 g/mol. The summed E-state index contributed by atoms with van der Waals surface area (Å²) in [4.78, 5) is 26.3. The topological polar surface area (TPSA) is 89.1 Å². The van der Waals surface area contributed by atoms with E-state index in [0.717, 1.165) is 0 Å². The fraction of sp³-hybridized carbons (Fsp3) is 0.263. The molecule has 0 radical (unpaired) electrons. The molecule has 2 amide bonds. The summed E-state index contributed by atoms with van der Waals surface area (Å²) in [5.41, 5.74) is 0.951. The van der Waals surface area contributed by atoms with E-state index in [2.05, 4.69) is 20.1 Å². The van der Waals surface area contributed by atoms with Gasteiger partial charge in [0.15, 0.2) is 17.6 Å². The number of anilines is 2. The number of halogens is 2. The number of hydrogen-bond donors (Lipinski definition) is 2. The van der Waals surface area contributed by atoms with Gasteiger partial charge in [0.1, 0.15) is 5.75 Å². The second-order valence-electron chi connectivity index (χ2n) is 6.45. The lowest BCUT2D eigenvalue weighted by Crippen LogP contribution is -2.50. The zero-order valence-corrected chi connectivity index (χ0v) is 15.3. The lowest BCUT2D eigenvalue weighted by Gasteiger charge is -2.34. The van der Waals surface area contributed by atoms with E-state index in [1.807, 2.05) is 0 Å². The molecule has 2 aliphatic rings. The Kier molecular flexibility index (Phi) is 4.61. The van der Waals surface area contributed by atoms with Crippen LogP contribution >= 0.6 is 0 Å². The van der Waals surface area contributed by atoms with E-state index in [1.165, 1.54) is 25.2 Å². The maximum absolute atomic E-state index is 13.1. The normalized spacial score (nSPS) is 18.4. The fourth-order valence-electron chi connectivity index (χ4n) is 3.15. The van der Waals surface area contributed by atoms with Crippen molar-refractivity contribution >= 4 is 23.2 Å². The monoisotopic (exact) mass is 405 g/mol. The van der Waals surface area contributed by atoms with Crippen LogP contribution in [0.1, 0.15) is 0 Å². The first-order valence-electron chi connectivity index (χ1n) is 8.76. The largest absolute Gasteiger partial charge is 0.586 e. The Morgan fingerprint density at radius 3 is 2.69 bits per heavy atom. The van der Waals surface area contributed by atoms with Gasteiger partial charge < -0.3 is 29.7 Å². The van der Waals surface area contributed by atoms with Crippen LogP contribution in [-0.2, 0) is 9.59 Å². The summed E-state index contributed by atoms with van der Waals surface area (Å²) < 4.78 is 40.7. The number of alkyl halides is 2. The van der Waals surface area contributed by atoms with Gasteiger partial charge in [0, 0.05) is 18.8 Å². The average Bonchev–Trinajstić information content (AvgIpc) is 3.00. The molecular formula is C19H17F2N3O5. The number of para-hydroxylation sites is 2. The van der Waals surface area contributed by atoms with Gasteiger partial charge in [-0.2, -0.15) is 0 Å². The molecule has 2 N–H and O–H groups in total. The van der Waals surface area contributed by atoms with Crippen LogP contribution in [0.25, 0.3) is 0 Å². The first kappa shape index (κ1) is 18.8. The molecule has 29 heavy (non-hydrogen) atoms. The van der Waals surface area contributed by atoms with Gasteiger partial charge in [-0.1, -0.05) is 12.1 Å². The molecule has 0 aliphatic carbocycles. The highest BCUT2D eigenvalue weighted by Crippen LogP contribution is 2.42. The van der Waals surface area contributed by atoms with Crippen molar-refractivity contribution < 1.29 is 32.6 Å². The molecule has 0 aromatic heterocycles. The van der Waals surface area contributed by atoms with Crippen LogP contribution in [-0.4, -0.2) is 44.4 Å². The highest BCUT2D eigenvalue weighted by atomic mass is 19.3. The van der Waals surface area contributed by atoms with Gasteiger partial charge in [-0.3, -0.25) is 9.59 Å². The summed E-state index contributed by atoms with van der Waals surface area (Å²) in [5, 5.41) is 5.16. The van der Waals surface area contributed by atoms with Crippen molar-refractivity contribution in [1.29, 1.82) is 0 Å². The molecule has 8 nitrogen and oxygen atoms in total. The predicted octanol–water partition coefficient (Wildman–Crippen LogP) is 1.96. The molecular weight excluding hydrogens is 388 g/mol. The third-order valence-electron chi connectivity index (χ3n) is 4.42. The molecule has 10 heteroatoms. The first-order chi connectivity index (χ1) is 13.8. The van der Waals surface area contributed by atoms with Gasteiger partial charge >= 0.3 is 6.29 Å². The van der Waals surface area contributed by atoms with E-state index >= 15 is 0 Å². The zero-order chi connectivity index (χ0) is 20.6. The third-order valence-corrected chi connectivity index (χ3v) is 4.42. The van der Waals surface area contributed by atoms with Crippen LogP contribution in [0, 0.1) is 0 Å². The van der Waals surface area contributed by atoms with Crippen molar-refractivity contribution in [2.45, 2.75) is 12.4 Å². The Bertz CT molecular complexity index is 969. The molecule has 0 saturated carbocycles. The second kappa shape index (κ2) is 7.12. The van der Waals surface area contributed by atoms with Crippen molar-refractivity contribution in [1.82, 2.24) is 5.32 Å². The van der Waals surface area contributed by atoms with Crippen molar-refractivity contribution in [2.24, 2.45) is 0 Å². The lowest BCUT2D eigenvalue weighted by molar-refractivity contribution is -0.286. The number of carbonyl (C=O) groups is 2. The maximum Gasteiger partial charge on any atom is 0.586 e. The van der Waals surface area contributed by atoms with Crippen LogP contribution in [0.4, 0.5) is 20.2 Å². The SMILES string of the molecule is CNC(=O)[C@@H]1CN(CC(=O)Nc2ccc3c(c2)OC(F)(F)O3)c2ccccc2O1. The molecule has 2 aromatic carbocycles. The van der Waals surface area contributed by atoms with Crippen LogP contribution in [0.3, 0.4) is 0 Å². The second-order valence-corrected chi connectivity index (χ2v) is 6.45. The number of hydrogen-bond acceptors (Lipinski definition) is 6. The Balaban J connectivity index is 1.47. The number of fused-ring (bicyclic) bond motifs is 2. The lowest BCUT2D eigenvalue weighted by atomic mass is 10.1. The van der Waals surface area contributed by atoms with Gasteiger partial charge in [-0.05, 0) is 24.3 Å². The van der Waals surface area contributed by atoms with Gasteiger partial charge in [0.25, 0.3) is 5.91 Å². The summed E-state index contributed by atoms with van der Waals surface area (Å²) in [5.74, 6) is -0.484. The van der Waals surface area contributed by atoms with Crippen molar-refractivity contribution in [3.8, 4) is 17.2 Å². The summed E-state index contributed by atoms with van der Waals surface area (Å²) in [7, 11) is 1.51. The summed E-state index contributed by atoms with van der Waals surface area (Å²) in [6, 6.07) is 11.0. The summed E-state index contributed by atoms with van der Waals surface area (Å²) in [6.07, 6.45) is -4.49. The molecule has 1 atom stereocenters. The number of nitrogens with zero attached hydrogens (tertiary/aromatic N) is 1. The Hall–Kier alpha value is -3.56. The van der Waals surface area contributed by atoms with Crippen LogP contribution in [0.2, 0.25) is 0 Å². The van der Waals surface area contributed by atoms with E-state index in [4.69, 9.17) is 4.74 Å². The molecule has 152 valence electrons. The third kappa shape index (κ3) is 3.86. The predicted molar refractivity (Wildman–Crippen MR) is 98.4 cm³/mol. The molecule has 0 fully saturated rings. The van der Waals surface area contributed by atoms with Crippen molar-refractivity contribution in [3.05, 3.63) is 42.5 Å². The quantitative estimate of drug-likeness (QED) is 0.809. The van der Waals surface area contributed by atoms with Crippen molar-refractivity contribution in [3.63, 3.8) is 0 Å². The minimum Gasteiger partial charge on any atom is -0.477 e. The Morgan fingerprint density at radius 1 is 1.14 bits per heavy atom. The molecule has 0 unspecified atom stereocenters. The Morgan fingerprint density at radius 2 is 1.90 bits per heavy atom. The fourth-order valence-corrected chi connectivity index (χ4v) is 3.15. The molecule has 2 aromatic rings. The highest BCUT2D eigenvalue weighted by molar-refractivity contribution is 5.95. The summed E-state index contributed by atoms with van der Waals surface area (Å²) in [6.45, 7) is 0.107. The van der Waals surface area contributed by atoms with Crippen LogP contribution in [0.5, 0.6) is 17.2 Å². The summed E-state index contributed by atoms with van der Waals surface area (Å²) >= 11 is 0. The first-order valence-corrected chi connectivity index (χ1v) is 8.76. The van der Waals surface area contributed by atoms with E-state index in [0.29, 0.717) is 11.4 Å². The Labute approximate surface area is 164 Å². The maximum atomic E-state index is 13.1. The molecule has 4 rings (SSSR count). The van der Waals surface area contributed by atoms with Gasteiger partial charge in [-0.15, -0.1) is 8.78 Å². The number of amides is 2.